The van der Waals surface area contributed by atoms with Gasteiger partial charge in [0, 0.05) is 32.4 Å². The Morgan fingerprint density at radius 3 is 2.43 bits per heavy atom. The third kappa shape index (κ3) is 3.72. The molecule has 0 radical (unpaired) electrons. The fraction of sp³-hybridized carbons (Fsp3) is 0.389. The van der Waals surface area contributed by atoms with E-state index < -0.39 is 12.0 Å². The van der Waals surface area contributed by atoms with Crippen LogP contribution < -0.4 is 9.80 Å². The number of nitrogens with zero attached hydrogens (tertiary/aromatic N) is 6. The maximum atomic E-state index is 13.0. The Morgan fingerprint density at radius 2 is 1.75 bits per heavy atom. The highest BCUT2D eigenvalue weighted by Crippen LogP contribution is 2.28. The van der Waals surface area contributed by atoms with Gasteiger partial charge in [0.1, 0.15) is 5.82 Å². The molecule has 0 amide bonds. The molecule has 0 saturated carbocycles. The van der Waals surface area contributed by atoms with E-state index in [1.807, 2.05) is 24.3 Å². The van der Waals surface area contributed by atoms with Gasteiger partial charge in [0.15, 0.2) is 5.65 Å². The topological polar surface area (TPSA) is 58.8 Å². The molecule has 0 aliphatic carbocycles. The SMILES string of the molecule is CN(Cc1ccc(N2CCOCC2)cc1)c1ccc2nnc(C(F)(F)F)n2n1. The molecule has 0 atom stereocenters. The van der Waals surface area contributed by atoms with Gasteiger partial charge in [-0.05, 0) is 29.8 Å². The van der Waals surface area contributed by atoms with Crippen LogP contribution in [0.2, 0.25) is 0 Å². The van der Waals surface area contributed by atoms with Gasteiger partial charge in [0.25, 0.3) is 5.82 Å². The van der Waals surface area contributed by atoms with Crippen molar-refractivity contribution in [3.05, 3.63) is 47.8 Å². The van der Waals surface area contributed by atoms with Gasteiger partial charge in [-0.15, -0.1) is 15.3 Å². The number of hydrogen-bond acceptors (Lipinski definition) is 6. The van der Waals surface area contributed by atoms with Crippen LogP contribution >= 0.6 is 0 Å². The van der Waals surface area contributed by atoms with E-state index in [9.17, 15) is 13.2 Å². The summed E-state index contributed by atoms with van der Waals surface area (Å²) in [6.45, 7) is 3.68. The summed E-state index contributed by atoms with van der Waals surface area (Å²) in [5.41, 5.74) is 2.22. The zero-order chi connectivity index (χ0) is 19.7. The van der Waals surface area contributed by atoms with Crippen LogP contribution in [0.25, 0.3) is 5.65 Å². The van der Waals surface area contributed by atoms with Gasteiger partial charge in [-0.25, -0.2) is 0 Å². The average molecular weight is 392 g/mol. The van der Waals surface area contributed by atoms with E-state index in [-0.39, 0.29) is 5.65 Å². The lowest BCUT2D eigenvalue weighted by Crippen LogP contribution is -2.36. The van der Waals surface area contributed by atoms with Crippen LogP contribution in [0.15, 0.2) is 36.4 Å². The first kappa shape index (κ1) is 18.5. The van der Waals surface area contributed by atoms with Crippen molar-refractivity contribution in [3.8, 4) is 0 Å². The third-order valence-electron chi connectivity index (χ3n) is 4.63. The summed E-state index contributed by atoms with van der Waals surface area (Å²) in [5.74, 6) is -0.734. The molecule has 28 heavy (non-hydrogen) atoms. The Labute approximate surface area is 159 Å². The Morgan fingerprint density at radius 1 is 1.04 bits per heavy atom. The largest absolute Gasteiger partial charge is 0.453 e. The minimum Gasteiger partial charge on any atom is -0.378 e. The first-order chi connectivity index (χ1) is 13.4. The lowest BCUT2D eigenvalue weighted by atomic mass is 10.2. The number of rotatable bonds is 4. The maximum Gasteiger partial charge on any atom is 0.453 e. The smallest absolute Gasteiger partial charge is 0.378 e. The number of halogens is 3. The molecule has 1 saturated heterocycles. The molecule has 0 N–H and O–H groups in total. The van der Waals surface area contributed by atoms with Crippen molar-refractivity contribution < 1.29 is 17.9 Å². The lowest BCUT2D eigenvalue weighted by molar-refractivity contribution is -0.146. The summed E-state index contributed by atoms with van der Waals surface area (Å²) in [4.78, 5) is 4.04. The molecule has 0 unspecified atom stereocenters. The Bertz CT molecular complexity index is 950. The van der Waals surface area contributed by atoms with Crippen LogP contribution in [0.3, 0.4) is 0 Å². The molecule has 0 spiro atoms. The molecule has 1 fully saturated rings. The van der Waals surface area contributed by atoms with Crippen molar-refractivity contribution >= 4 is 17.2 Å². The zero-order valence-electron chi connectivity index (χ0n) is 15.2. The van der Waals surface area contributed by atoms with E-state index in [4.69, 9.17) is 4.74 Å². The summed E-state index contributed by atoms with van der Waals surface area (Å²) >= 11 is 0. The highest BCUT2D eigenvalue weighted by Gasteiger charge is 2.37. The van der Waals surface area contributed by atoms with Gasteiger partial charge in [0.2, 0.25) is 0 Å². The molecule has 1 aliphatic heterocycles. The van der Waals surface area contributed by atoms with Gasteiger partial charge in [0.05, 0.1) is 13.2 Å². The first-order valence-corrected chi connectivity index (χ1v) is 8.84. The number of ether oxygens (including phenoxy) is 1. The second-order valence-corrected chi connectivity index (χ2v) is 6.60. The molecule has 0 bridgehead atoms. The van der Waals surface area contributed by atoms with Crippen LogP contribution in [0.1, 0.15) is 11.4 Å². The van der Waals surface area contributed by atoms with Crippen molar-refractivity contribution in [1.29, 1.82) is 0 Å². The molecule has 7 nitrogen and oxygen atoms in total. The summed E-state index contributed by atoms with van der Waals surface area (Å²) in [7, 11) is 1.78. The Hall–Kier alpha value is -2.88. The van der Waals surface area contributed by atoms with E-state index in [0.29, 0.717) is 12.4 Å². The van der Waals surface area contributed by atoms with E-state index in [1.54, 1.807) is 18.0 Å². The molecule has 4 rings (SSSR count). The number of benzene rings is 1. The van der Waals surface area contributed by atoms with Gasteiger partial charge < -0.3 is 14.5 Å². The van der Waals surface area contributed by atoms with Gasteiger partial charge in [-0.1, -0.05) is 12.1 Å². The van der Waals surface area contributed by atoms with Crippen molar-refractivity contribution in [3.63, 3.8) is 0 Å². The molecule has 1 aliphatic rings. The molecule has 3 heterocycles. The number of anilines is 2. The summed E-state index contributed by atoms with van der Waals surface area (Å²) < 4.78 is 45.2. The average Bonchev–Trinajstić information content (AvgIpc) is 3.13. The number of aromatic nitrogens is 4. The number of morpholine rings is 1. The monoisotopic (exact) mass is 392 g/mol. The summed E-state index contributed by atoms with van der Waals surface area (Å²) in [5, 5.41) is 10.8. The maximum absolute atomic E-state index is 13.0. The lowest BCUT2D eigenvalue weighted by Gasteiger charge is -2.29. The van der Waals surface area contributed by atoms with Crippen molar-refractivity contribution in [1.82, 2.24) is 19.8 Å². The molecule has 148 valence electrons. The van der Waals surface area contributed by atoms with Crippen LogP contribution in [-0.2, 0) is 17.5 Å². The third-order valence-corrected chi connectivity index (χ3v) is 4.63. The summed E-state index contributed by atoms with van der Waals surface area (Å²) in [6.07, 6.45) is -4.61. The predicted molar refractivity (Wildman–Crippen MR) is 97.4 cm³/mol. The fourth-order valence-corrected chi connectivity index (χ4v) is 3.15. The second kappa shape index (κ2) is 7.27. The van der Waals surface area contributed by atoms with E-state index >= 15 is 0 Å². The fourth-order valence-electron chi connectivity index (χ4n) is 3.15. The normalized spacial score (nSPS) is 15.2. The van der Waals surface area contributed by atoms with Crippen molar-refractivity contribution in [2.24, 2.45) is 0 Å². The minimum atomic E-state index is -4.61. The molecular weight excluding hydrogens is 373 g/mol. The van der Waals surface area contributed by atoms with Crippen LogP contribution in [0.5, 0.6) is 0 Å². The quantitative estimate of drug-likeness (QED) is 0.680. The van der Waals surface area contributed by atoms with Crippen LogP contribution in [-0.4, -0.2) is 53.2 Å². The molecule has 2 aromatic heterocycles. The molecule has 3 aromatic rings. The summed E-state index contributed by atoms with van der Waals surface area (Å²) in [6, 6.07) is 11.2. The van der Waals surface area contributed by atoms with Crippen LogP contribution in [0, 0.1) is 0 Å². The molecular formula is C18H19F3N6O. The molecule has 10 heteroatoms. The number of alkyl halides is 3. The Kier molecular flexibility index (Phi) is 4.80. The Balaban J connectivity index is 1.50. The van der Waals surface area contributed by atoms with Crippen LogP contribution in [0.4, 0.5) is 24.7 Å². The van der Waals surface area contributed by atoms with E-state index in [1.165, 1.54) is 6.07 Å². The standard InChI is InChI=1S/C18H19F3N6O/c1-25(12-13-2-4-14(5-3-13)26-8-10-28-11-9-26)16-7-6-15-22-23-17(18(19,20)21)27(15)24-16/h2-7H,8-12H2,1H3. The highest BCUT2D eigenvalue weighted by molar-refractivity contribution is 5.49. The second-order valence-electron chi connectivity index (χ2n) is 6.60. The highest BCUT2D eigenvalue weighted by atomic mass is 19.4. The number of hydrogen-bond donors (Lipinski definition) is 0. The van der Waals surface area contributed by atoms with E-state index in [0.717, 1.165) is 42.1 Å². The predicted octanol–water partition coefficient (Wildman–Crippen LogP) is 2.62. The number of fused-ring (bicyclic) bond motifs is 1. The van der Waals surface area contributed by atoms with Crippen molar-refractivity contribution in [2.75, 3.05) is 43.2 Å². The van der Waals surface area contributed by atoms with Gasteiger partial charge in [-0.3, -0.25) is 0 Å². The first-order valence-electron chi connectivity index (χ1n) is 8.84. The van der Waals surface area contributed by atoms with E-state index in [2.05, 4.69) is 20.2 Å². The minimum absolute atomic E-state index is 0.0549. The molecule has 1 aromatic carbocycles. The van der Waals surface area contributed by atoms with Gasteiger partial charge in [-0.2, -0.15) is 17.7 Å². The van der Waals surface area contributed by atoms with Gasteiger partial charge >= 0.3 is 6.18 Å². The van der Waals surface area contributed by atoms with Crippen molar-refractivity contribution in [2.45, 2.75) is 12.7 Å². The zero-order valence-corrected chi connectivity index (χ0v) is 15.2.